The number of methoxy groups -OCH3 is 1. The van der Waals surface area contributed by atoms with Crippen LogP contribution in [0.2, 0.25) is 0 Å². The summed E-state index contributed by atoms with van der Waals surface area (Å²) in [6, 6.07) is 3.96. The molecular formula is C14H20N2O3. The number of rotatable bonds is 5. The van der Waals surface area contributed by atoms with E-state index in [9.17, 15) is 4.79 Å². The molecule has 1 aromatic rings. The fraction of sp³-hybridized carbons (Fsp3) is 0.571. The zero-order chi connectivity index (χ0) is 13.5. The van der Waals surface area contributed by atoms with Gasteiger partial charge in [-0.3, -0.25) is 4.98 Å². The van der Waals surface area contributed by atoms with Crippen molar-refractivity contribution in [2.24, 2.45) is 0 Å². The largest absolute Gasteiger partial charge is 0.465 e. The molecule has 0 aromatic carbocycles. The highest BCUT2D eigenvalue weighted by Crippen LogP contribution is 2.08. The van der Waals surface area contributed by atoms with Crippen molar-refractivity contribution in [3.63, 3.8) is 0 Å². The molecule has 104 valence electrons. The van der Waals surface area contributed by atoms with Gasteiger partial charge in [0.1, 0.15) is 0 Å². The van der Waals surface area contributed by atoms with Crippen LogP contribution in [-0.4, -0.2) is 37.3 Å². The molecule has 1 aliphatic rings. The van der Waals surface area contributed by atoms with Crippen molar-refractivity contribution < 1.29 is 14.3 Å². The Morgan fingerprint density at radius 3 is 3.00 bits per heavy atom. The Balaban J connectivity index is 1.75. The van der Waals surface area contributed by atoms with Crippen LogP contribution >= 0.6 is 0 Å². The van der Waals surface area contributed by atoms with Crippen molar-refractivity contribution in [1.29, 1.82) is 0 Å². The smallest absolute Gasteiger partial charge is 0.339 e. The maximum absolute atomic E-state index is 11.2. The lowest BCUT2D eigenvalue weighted by Gasteiger charge is -2.23. The molecule has 0 radical (unpaired) electrons. The summed E-state index contributed by atoms with van der Waals surface area (Å²) in [7, 11) is 1.36. The molecule has 0 aliphatic carbocycles. The molecule has 0 bridgehead atoms. The first kappa shape index (κ1) is 14.0. The number of aromatic nitrogens is 1. The first-order valence-corrected chi connectivity index (χ1v) is 6.64. The Labute approximate surface area is 113 Å². The van der Waals surface area contributed by atoms with Gasteiger partial charge in [0, 0.05) is 12.2 Å². The van der Waals surface area contributed by atoms with Gasteiger partial charge in [-0.05, 0) is 31.5 Å². The minimum Gasteiger partial charge on any atom is -0.465 e. The maximum Gasteiger partial charge on any atom is 0.339 e. The summed E-state index contributed by atoms with van der Waals surface area (Å²) in [5, 5.41) is 3.43. The van der Waals surface area contributed by atoms with E-state index in [0.717, 1.165) is 12.2 Å². The van der Waals surface area contributed by atoms with Crippen molar-refractivity contribution in [1.82, 2.24) is 10.3 Å². The Morgan fingerprint density at radius 1 is 1.47 bits per heavy atom. The first-order valence-electron chi connectivity index (χ1n) is 6.64. The quantitative estimate of drug-likeness (QED) is 0.817. The van der Waals surface area contributed by atoms with Gasteiger partial charge in [0.05, 0.1) is 31.6 Å². The third-order valence-electron chi connectivity index (χ3n) is 3.23. The molecule has 0 saturated carbocycles. The van der Waals surface area contributed by atoms with Crippen molar-refractivity contribution in [2.45, 2.75) is 31.9 Å². The van der Waals surface area contributed by atoms with Gasteiger partial charge < -0.3 is 14.8 Å². The molecule has 1 saturated heterocycles. The number of piperidine rings is 1. The van der Waals surface area contributed by atoms with E-state index in [4.69, 9.17) is 4.74 Å². The van der Waals surface area contributed by atoms with Gasteiger partial charge >= 0.3 is 5.97 Å². The standard InChI is InChI=1S/C14H20N2O3/c1-18-14(17)11-5-6-13(16-8-11)10-19-9-12-4-2-3-7-15-12/h5-6,8,12,15H,2-4,7,9-10H2,1H3. The number of hydrogen-bond donors (Lipinski definition) is 1. The van der Waals surface area contributed by atoms with Crippen LogP contribution in [0.5, 0.6) is 0 Å². The van der Waals surface area contributed by atoms with Gasteiger partial charge in [0.2, 0.25) is 0 Å². The van der Waals surface area contributed by atoms with Crippen LogP contribution < -0.4 is 5.32 Å². The number of ether oxygens (including phenoxy) is 2. The summed E-state index contributed by atoms with van der Waals surface area (Å²) in [5.41, 5.74) is 1.28. The molecule has 1 fully saturated rings. The highest BCUT2D eigenvalue weighted by molar-refractivity contribution is 5.88. The predicted octanol–water partition coefficient (Wildman–Crippen LogP) is 1.53. The molecule has 1 aromatic heterocycles. The van der Waals surface area contributed by atoms with E-state index < -0.39 is 0 Å². The van der Waals surface area contributed by atoms with Crippen molar-refractivity contribution in [2.75, 3.05) is 20.3 Å². The molecule has 0 amide bonds. The Bertz CT molecular complexity index is 400. The fourth-order valence-electron chi connectivity index (χ4n) is 2.12. The highest BCUT2D eigenvalue weighted by atomic mass is 16.5. The summed E-state index contributed by atoms with van der Waals surface area (Å²) in [5.74, 6) is -0.369. The van der Waals surface area contributed by atoms with Gasteiger partial charge in [-0.15, -0.1) is 0 Å². The van der Waals surface area contributed by atoms with Crippen molar-refractivity contribution in [3.8, 4) is 0 Å². The van der Waals surface area contributed by atoms with Crippen molar-refractivity contribution >= 4 is 5.97 Å². The zero-order valence-corrected chi connectivity index (χ0v) is 11.2. The Hall–Kier alpha value is -1.46. The second kappa shape index (κ2) is 7.21. The van der Waals surface area contributed by atoms with Crippen LogP contribution in [-0.2, 0) is 16.1 Å². The molecule has 2 rings (SSSR count). The zero-order valence-electron chi connectivity index (χ0n) is 11.2. The molecule has 1 atom stereocenters. The summed E-state index contributed by atoms with van der Waals surface area (Å²) in [6.07, 6.45) is 5.22. The van der Waals surface area contributed by atoms with Crippen LogP contribution in [0.4, 0.5) is 0 Å². The summed E-state index contributed by atoms with van der Waals surface area (Å²) in [6.45, 7) is 2.26. The minimum absolute atomic E-state index is 0.369. The second-order valence-electron chi connectivity index (χ2n) is 4.69. The number of esters is 1. The van der Waals surface area contributed by atoms with E-state index in [0.29, 0.717) is 24.8 Å². The molecule has 1 N–H and O–H groups in total. The topological polar surface area (TPSA) is 60.5 Å². The number of pyridine rings is 1. The molecule has 0 spiro atoms. The van der Waals surface area contributed by atoms with Gasteiger partial charge in [-0.25, -0.2) is 4.79 Å². The third kappa shape index (κ3) is 4.29. The van der Waals surface area contributed by atoms with Crippen molar-refractivity contribution in [3.05, 3.63) is 29.6 Å². The summed E-state index contributed by atoms with van der Waals surface area (Å²) < 4.78 is 10.3. The van der Waals surface area contributed by atoms with Gasteiger partial charge in [-0.1, -0.05) is 6.42 Å². The van der Waals surface area contributed by atoms with Gasteiger partial charge in [0.25, 0.3) is 0 Å². The Kier molecular flexibility index (Phi) is 5.30. The lowest BCUT2D eigenvalue weighted by atomic mass is 10.1. The molecule has 1 aliphatic heterocycles. The number of hydrogen-bond acceptors (Lipinski definition) is 5. The fourth-order valence-corrected chi connectivity index (χ4v) is 2.12. The summed E-state index contributed by atoms with van der Waals surface area (Å²) >= 11 is 0. The van der Waals surface area contributed by atoms with E-state index in [-0.39, 0.29) is 5.97 Å². The van der Waals surface area contributed by atoms with E-state index in [1.54, 1.807) is 12.1 Å². The molecule has 5 heteroatoms. The first-order chi connectivity index (χ1) is 9.29. The highest BCUT2D eigenvalue weighted by Gasteiger charge is 2.12. The minimum atomic E-state index is -0.369. The van der Waals surface area contributed by atoms with E-state index in [1.165, 1.54) is 32.6 Å². The van der Waals surface area contributed by atoms with Crippen LogP contribution in [0.1, 0.15) is 35.3 Å². The van der Waals surface area contributed by atoms with Gasteiger partial charge in [0.15, 0.2) is 0 Å². The molecule has 5 nitrogen and oxygen atoms in total. The van der Waals surface area contributed by atoms with Crippen LogP contribution in [0.15, 0.2) is 18.3 Å². The third-order valence-corrected chi connectivity index (χ3v) is 3.23. The predicted molar refractivity (Wildman–Crippen MR) is 70.9 cm³/mol. The molecule has 2 heterocycles. The number of carbonyl (C=O) groups is 1. The Morgan fingerprint density at radius 2 is 2.37 bits per heavy atom. The van der Waals surface area contributed by atoms with E-state index >= 15 is 0 Å². The monoisotopic (exact) mass is 264 g/mol. The lowest BCUT2D eigenvalue weighted by Crippen LogP contribution is -2.37. The van der Waals surface area contributed by atoms with Crippen LogP contribution in [0.3, 0.4) is 0 Å². The van der Waals surface area contributed by atoms with E-state index in [1.807, 2.05) is 0 Å². The molecular weight excluding hydrogens is 244 g/mol. The molecule has 1 unspecified atom stereocenters. The second-order valence-corrected chi connectivity index (χ2v) is 4.69. The summed E-state index contributed by atoms with van der Waals surface area (Å²) in [4.78, 5) is 15.4. The number of nitrogens with zero attached hydrogens (tertiary/aromatic N) is 1. The van der Waals surface area contributed by atoms with Crippen LogP contribution in [0.25, 0.3) is 0 Å². The number of nitrogens with one attached hydrogen (secondary N) is 1. The molecule has 19 heavy (non-hydrogen) atoms. The van der Waals surface area contributed by atoms with E-state index in [2.05, 4.69) is 15.0 Å². The SMILES string of the molecule is COC(=O)c1ccc(COCC2CCCCN2)nc1. The lowest BCUT2D eigenvalue weighted by molar-refractivity contribution is 0.0599. The van der Waals surface area contributed by atoms with Gasteiger partial charge in [-0.2, -0.15) is 0 Å². The maximum atomic E-state index is 11.2. The normalized spacial score (nSPS) is 19.1. The average molecular weight is 264 g/mol. The average Bonchev–Trinajstić information content (AvgIpc) is 2.48. The van der Waals surface area contributed by atoms with Crippen LogP contribution in [0, 0.1) is 0 Å². The number of carbonyl (C=O) groups excluding carboxylic acids is 1.